The molecule has 0 aromatic carbocycles. The number of nitrogens with zero attached hydrogens (tertiary/aromatic N) is 1. The maximum absolute atomic E-state index is 12.6. The van der Waals surface area contributed by atoms with Gasteiger partial charge in [0.2, 0.25) is 35.9 Å². The molecule has 2 atom stereocenters. The van der Waals surface area contributed by atoms with E-state index in [2.05, 4.69) is 21.7 Å². The number of imide groups is 1. The van der Waals surface area contributed by atoms with Crippen molar-refractivity contribution in [3.63, 3.8) is 0 Å². The van der Waals surface area contributed by atoms with E-state index in [4.69, 9.17) is 12.6 Å². The SMILES string of the molecule is NC=O.[B]C(C)(SC1CC(=O)N(CCC(=O)NCC(=O)NCCC(=O)NCSCCCCCC(C)=O)C1=O)C(C)C. The first kappa shape index (κ1) is 38.5. The zero-order chi connectivity index (χ0) is 31.4. The van der Waals surface area contributed by atoms with E-state index in [9.17, 15) is 28.8 Å². The van der Waals surface area contributed by atoms with Crippen LogP contribution in [0.1, 0.15) is 72.6 Å². The van der Waals surface area contributed by atoms with E-state index in [-0.39, 0.29) is 74.7 Å². The minimum absolute atomic E-state index is 0.0538. The van der Waals surface area contributed by atoms with E-state index in [1.165, 1.54) is 11.8 Å². The number of thioether (sulfide) groups is 2. The average Bonchev–Trinajstić information content (AvgIpc) is 3.14. The van der Waals surface area contributed by atoms with Gasteiger partial charge < -0.3 is 26.5 Å². The normalized spacial score (nSPS) is 15.9. The molecule has 0 bridgehead atoms. The number of hydrogen-bond donors (Lipinski definition) is 4. The molecule has 1 rings (SSSR count). The Balaban J connectivity index is 0.00000509. The zero-order valence-corrected chi connectivity index (χ0v) is 26.1. The van der Waals surface area contributed by atoms with Crippen LogP contribution in [-0.2, 0) is 33.6 Å². The molecular formula is C26H44BN5O7S2. The van der Waals surface area contributed by atoms with Crippen molar-refractivity contribution in [1.82, 2.24) is 20.9 Å². The summed E-state index contributed by atoms with van der Waals surface area (Å²) in [7, 11) is 6.23. The van der Waals surface area contributed by atoms with Crippen molar-refractivity contribution < 1.29 is 33.6 Å². The smallest absolute Gasteiger partial charge is 0.242 e. The molecule has 5 N–H and O–H groups in total. The van der Waals surface area contributed by atoms with Crippen LogP contribution in [0.4, 0.5) is 0 Å². The number of likely N-dealkylation sites (tertiary alicyclic amines) is 1. The fraction of sp³-hybridized carbons (Fsp3) is 0.731. The lowest BCUT2D eigenvalue weighted by Crippen LogP contribution is -2.40. The summed E-state index contributed by atoms with van der Waals surface area (Å²) in [6.07, 6.45) is 3.81. The van der Waals surface area contributed by atoms with Gasteiger partial charge in [0.25, 0.3) is 0 Å². The third-order valence-electron chi connectivity index (χ3n) is 6.12. The monoisotopic (exact) mass is 613 g/mol. The number of carbonyl (C=O) groups is 7. The van der Waals surface area contributed by atoms with Crippen LogP contribution >= 0.6 is 23.5 Å². The quantitative estimate of drug-likeness (QED) is 0.0528. The second-order valence-electron chi connectivity index (χ2n) is 9.96. The molecule has 1 fully saturated rings. The Morgan fingerprint density at radius 1 is 1.05 bits per heavy atom. The van der Waals surface area contributed by atoms with Crippen LogP contribution in [0.5, 0.6) is 0 Å². The third-order valence-corrected chi connectivity index (χ3v) is 8.67. The molecule has 1 saturated heterocycles. The Morgan fingerprint density at radius 3 is 2.29 bits per heavy atom. The minimum Gasteiger partial charge on any atom is -0.372 e. The van der Waals surface area contributed by atoms with Crippen molar-refractivity contribution in [3.8, 4) is 0 Å². The van der Waals surface area contributed by atoms with E-state index in [0.29, 0.717) is 12.3 Å². The first-order chi connectivity index (χ1) is 19.2. The van der Waals surface area contributed by atoms with Gasteiger partial charge in [0.1, 0.15) is 5.78 Å². The van der Waals surface area contributed by atoms with Crippen LogP contribution in [-0.4, -0.2) is 95.6 Å². The maximum Gasteiger partial charge on any atom is 0.242 e. The summed E-state index contributed by atoms with van der Waals surface area (Å²) in [6.45, 7) is 7.14. The second kappa shape index (κ2) is 21.2. The van der Waals surface area contributed by atoms with Crippen LogP contribution < -0.4 is 21.7 Å². The summed E-state index contributed by atoms with van der Waals surface area (Å²) < 4.78 is -0.654. The van der Waals surface area contributed by atoms with Gasteiger partial charge in [-0.15, -0.1) is 11.8 Å². The second-order valence-corrected chi connectivity index (χ2v) is 12.8. The highest BCUT2D eigenvalue weighted by atomic mass is 32.2. The van der Waals surface area contributed by atoms with Crippen molar-refractivity contribution in [2.45, 2.75) is 82.5 Å². The predicted octanol–water partition coefficient (Wildman–Crippen LogP) is 0.458. The fourth-order valence-electron chi connectivity index (χ4n) is 3.33. The summed E-state index contributed by atoms with van der Waals surface area (Å²) in [6, 6.07) is 0. The standard InChI is InChI=1S/C25H41BN4O6S2.CH3NO/c1-17(2)25(4,26)38-19-14-23(35)30(24(19)36)12-10-21(33)28-15-22(34)27-11-9-20(32)29-16-37-13-7-5-6-8-18(3)31;2-1-3/h17,19H,5-16H2,1-4H3,(H,27,34)(H,28,33)(H,29,32);1H,(H2,2,3). The molecule has 0 spiro atoms. The Morgan fingerprint density at radius 2 is 1.68 bits per heavy atom. The highest BCUT2D eigenvalue weighted by Crippen LogP contribution is 2.37. The van der Waals surface area contributed by atoms with Crippen molar-refractivity contribution in [3.05, 3.63) is 0 Å². The number of amides is 6. The van der Waals surface area contributed by atoms with Crippen molar-refractivity contribution in [2.75, 3.05) is 31.3 Å². The largest absolute Gasteiger partial charge is 0.372 e. The number of hydrogen-bond acceptors (Lipinski definition) is 9. The van der Waals surface area contributed by atoms with Gasteiger partial charge >= 0.3 is 0 Å². The summed E-state index contributed by atoms with van der Waals surface area (Å²) in [5.41, 5.74) is 4.17. The zero-order valence-electron chi connectivity index (χ0n) is 24.5. The molecule has 230 valence electrons. The molecule has 12 nitrogen and oxygen atoms in total. The summed E-state index contributed by atoms with van der Waals surface area (Å²) in [5.74, 6) is -0.0509. The maximum atomic E-state index is 12.6. The summed E-state index contributed by atoms with van der Waals surface area (Å²) in [5, 5.41) is 7.23. The number of nitrogens with two attached hydrogens (primary N) is 1. The fourth-order valence-corrected chi connectivity index (χ4v) is 5.48. The van der Waals surface area contributed by atoms with Gasteiger partial charge in [0.05, 0.1) is 25.5 Å². The lowest BCUT2D eigenvalue weighted by Gasteiger charge is -2.31. The van der Waals surface area contributed by atoms with E-state index in [1.807, 2.05) is 20.8 Å². The number of unbranched alkanes of at least 4 members (excludes halogenated alkanes) is 2. The lowest BCUT2D eigenvalue weighted by atomic mass is 9.79. The summed E-state index contributed by atoms with van der Waals surface area (Å²) in [4.78, 5) is 81.3. The minimum atomic E-state index is -0.654. The highest BCUT2D eigenvalue weighted by molar-refractivity contribution is 8.03. The van der Waals surface area contributed by atoms with Gasteiger partial charge in [-0.3, -0.25) is 33.7 Å². The van der Waals surface area contributed by atoms with E-state index >= 15 is 0 Å². The molecule has 6 amide bonds. The molecule has 0 aromatic rings. The van der Waals surface area contributed by atoms with E-state index in [1.54, 1.807) is 18.7 Å². The van der Waals surface area contributed by atoms with Gasteiger partial charge in [-0.1, -0.05) is 27.2 Å². The number of carbonyl (C=O) groups excluding carboxylic acids is 7. The Labute approximate surface area is 252 Å². The van der Waals surface area contributed by atoms with Crippen molar-refractivity contribution >= 4 is 73.1 Å². The van der Waals surface area contributed by atoms with Gasteiger partial charge in [0, 0.05) is 38.8 Å². The first-order valence-corrected chi connectivity index (χ1v) is 15.6. The van der Waals surface area contributed by atoms with Gasteiger partial charge in [-0.05, 0) is 36.1 Å². The van der Waals surface area contributed by atoms with Crippen LogP contribution in [0.25, 0.3) is 0 Å². The van der Waals surface area contributed by atoms with Gasteiger partial charge in [-0.25, -0.2) is 0 Å². The molecule has 41 heavy (non-hydrogen) atoms. The molecule has 0 aliphatic carbocycles. The van der Waals surface area contributed by atoms with Crippen molar-refractivity contribution in [2.24, 2.45) is 11.7 Å². The number of nitrogens with one attached hydrogen (secondary N) is 3. The molecule has 0 aromatic heterocycles. The first-order valence-electron chi connectivity index (χ1n) is 13.6. The molecule has 2 radical (unpaired) electrons. The molecule has 0 saturated carbocycles. The molecular weight excluding hydrogens is 569 g/mol. The van der Waals surface area contributed by atoms with Gasteiger partial charge in [-0.2, -0.15) is 11.8 Å². The molecule has 15 heteroatoms. The Kier molecular flexibility index (Phi) is 19.9. The molecule has 1 heterocycles. The lowest BCUT2D eigenvalue weighted by molar-refractivity contribution is -0.139. The number of ketones is 1. The Hall–Kier alpha value is -2.55. The van der Waals surface area contributed by atoms with Gasteiger partial charge in [0.15, 0.2) is 0 Å². The Bertz CT molecular complexity index is 905. The third kappa shape index (κ3) is 17.8. The average molecular weight is 614 g/mol. The van der Waals surface area contributed by atoms with Crippen LogP contribution in [0, 0.1) is 5.92 Å². The van der Waals surface area contributed by atoms with Crippen molar-refractivity contribution in [1.29, 1.82) is 0 Å². The highest BCUT2D eigenvalue weighted by Gasteiger charge is 2.42. The van der Waals surface area contributed by atoms with E-state index in [0.717, 1.165) is 29.9 Å². The number of Topliss-reactive ketones (excluding diaryl/α,β-unsaturated/α-hetero) is 1. The molecule has 2 unspecified atom stereocenters. The van der Waals surface area contributed by atoms with Crippen LogP contribution in [0.2, 0.25) is 0 Å². The molecule has 1 aliphatic rings. The number of rotatable bonds is 19. The number of primary amides is 1. The van der Waals surface area contributed by atoms with E-state index < -0.39 is 21.7 Å². The predicted molar refractivity (Wildman–Crippen MR) is 162 cm³/mol. The molecule has 1 aliphatic heterocycles. The van der Waals surface area contributed by atoms with Crippen LogP contribution in [0.15, 0.2) is 0 Å². The van der Waals surface area contributed by atoms with Crippen LogP contribution in [0.3, 0.4) is 0 Å². The summed E-state index contributed by atoms with van der Waals surface area (Å²) >= 11 is 2.88. The topological polar surface area (TPSA) is 185 Å².